The van der Waals surface area contributed by atoms with Gasteiger partial charge in [-0.2, -0.15) is 0 Å². The Morgan fingerprint density at radius 2 is 1.38 bits per heavy atom. The molecule has 0 aliphatic rings. The van der Waals surface area contributed by atoms with E-state index < -0.39 is 35.6 Å². The van der Waals surface area contributed by atoms with Gasteiger partial charge in [0.05, 0.1) is 46.2 Å². The van der Waals surface area contributed by atoms with Crippen LogP contribution in [0.3, 0.4) is 0 Å². The van der Waals surface area contributed by atoms with Crippen LogP contribution in [0.2, 0.25) is 0 Å². The maximum atomic E-state index is 12.8. The molecule has 0 saturated carbocycles. The third-order valence-electron chi connectivity index (χ3n) is 5.55. The monoisotopic (exact) mass is 596 g/mol. The lowest BCUT2D eigenvalue weighted by atomic mass is 10.0. The van der Waals surface area contributed by atoms with Gasteiger partial charge in [0.25, 0.3) is 0 Å². The van der Waals surface area contributed by atoms with Gasteiger partial charge in [-0.1, -0.05) is 26.0 Å². The van der Waals surface area contributed by atoms with Crippen LogP contribution < -0.4 is 21.3 Å². The summed E-state index contributed by atoms with van der Waals surface area (Å²) >= 11 is 0. The Morgan fingerprint density at radius 1 is 0.810 bits per heavy atom. The van der Waals surface area contributed by atoms with E-state index in [1.165, 1.54) is 0 Å². The quantitative estimate of drug-likeness (QED) is 0.149. The number of ether oxygens (including phenoxy) is 4. The zero-order chi connectivity index (χ0) is 31.5. The highest BCUT2D eigenvalue weighted by atomic mass is 16.6. The summed E-state index contributed by atoms with van der Waals surface area (Å²) in [5.41, 5.74) is 0.706. The molecule has 0 saturated heterocycles. The van der Waals surface area contributed by atoms with Gasteiger partial charge < -0.3 is 45.3 Å². The number of hydrogen-bond acceptors (Lipinski definition) is 9. The standard InChI is InChI=1S/C29H48N4O9/c1-20(2)25(27(37)31-21(3)26(36)32-23-9-7-22(19-34)8-10-23)33-24(35)11-13-39-15-17-41-18-16-40-14-12-30-28(38)42-29(4,5)6/h7-10,20-21,25,34H,11-19H2,1-6H3,(H,30,38)(H,31,37)(H,32,36)(H,33,35)/t21-,25-/m0/s1. The highest BCUT2D eigenvalue weighted by Gasteiger charge is 2.27. The third-order valence-corrected chi connectivity index (χ3v) is 5.55. The molecule has 1 aromatic rings. The molecule has 13 heteroatoms. The lowest BCUT2D eigenvalue weighted by Gasteiger charge is -2.24. The van der Waals surface area contributed by atoms with Crippen LogP contribution in [-0.4, -0.2) is 92.8 Å². The molecule has 42 heavy (non-hydrogen) atoms. The Morgan fingerprint density at radius 3 is 1.93 bits per heavy atom. The van der Waals surface area contributed by atoms with Crippen LogP contribution in [0.4, 0.5) is 10.5 Å². The largest absolute Gasteiger partial charge is 0.444 e. The molecule has 0 aliphatic carbocycles. The van der Waals surface area contributed by atoms with Gasteiger partial charge in [0.1, 0.15) is 17.7 Å². The van der Waals surface area contributed by atoms with E-state index in [4.69, 9.17) is 24.1 Å². The Hall–Kier alpha value is -3.26. The molecule has 238 valence electrons. The molecule has 2 atom stereocenters. The zero-order valence-corrected chi connectivity index (χ0v) is 25.6. The van der Waals surface area contributed by atoms with Crippen LogP contribution in [0.15, 0.2) is 24.3 Å². The van der Waals surface area contributed by atoms with Gasteiger partial charge in [-0.05, 0) is 51.3 Å². The number of carbonyl (C=O) groups is 4. The molecule has 0 radical (unpaired) electrons. The summed E-state index contributed by atoms with van der Waals surface area (Å²) in [6.45, 7) is 12.6. The van der Waals surface area contributed by atoms with Crippen molar-refractivity contribution < 1.29 is 43.2 Å². The smallest absolute Gasteiger partial charge is 0.407 e. The van der Waals surface area contributed by atoms with Gasteiger partial charge in [0.2, 0.25) is 17.7 Å². The highest BCUT2D eigenvalue weighted by Crippen LogP contribution is 2.10. The second-order valence-corrected chi connectivity index (χ2v) is 10.9. The minimum Gasteiger partial charge on any atom is -0.444 e. The first-order chi connectivity index (χ1) is 19.8. The van der Waals surface area contributed by atoms with E-state index in [0.717, 1.165) is 0 Å². The van der Waals surface area contributed by atoms with Gasteiger partial charge in [0.15, 0.2) is 0 Å². The van der Waals surface area contributed by atoms with Crippen molar-refractivity contribution in [1.82, 2.24) is 16.0 Å². The lowest BCUT2D eigenvalue weighted by Crippen LogP contribution is -2.53. The van der Waals surface area contributed by atoms with Crippen molar-refractivity contribution in [3.8, 4) is 0 Å². The van der Waals surface area contributed by atoms with Crippen LogP contribution in [0.25, 0.3) is 0 Å². The number of amides is 4. The number of aliphatic hydroxyl groups is 1. The Balaban J connectivity index is 2.19. The summed E-state index contributed by atoms with van der Waals surface area (Å²) in [5, 5.41) is 19.8. The first kappa shape index (κ1) is 36.8. The molecule has 0 aliphatic heterocycles. The maximum absolute atomic E-state index is 12.8. The second kappa shape index (κ2) is 19.8. The second-order valence-electron chi connectivity index (χ2n) is 10.9. The van der Waals surface area contributed by atoms with Crippen molar-refractivity contribution in [3.05, 3.63) is 29.8 Å². The summed E-state index contributed by atoms with van der Waals surface area (Å²) < 4.78 is 21.3. The molecule has 0 unspecified atom stereocenters. The summed E-state index contributed by atoms with van der Waals surface area (Å²) in [6.07, 6.45) is -0.432. The van der Waals surface area contributed by atoms with Crippen molar-refractivity contribution in [2.45, 2.75) is 72.3 Å². The number of rotatable bonds is 19. The van der Waals surface area contributed by atoms with E-state index in [-0.39, 0.29) is 38.1 Å². The van der Waals surface area contributed by atoms with Crippen molar-refractivity contribution in [2.24, 2.45) is 5.92 Å². The average Bonchev–Trinajstić information content (AvgIpc) is 2.91. The maximum Gasteiger partial charge on any atom is 0.407 e. The molecule has 13 nitrogen and oxygen atoms in total. The summed E-state index contributed by atoms with van der Waals surface area (Å²) in [7, 11) is 0. The SMILES string of the molecule is CC(C)[C@H](NC(=O)CCOCCOCCOCCNC(=O)OC(C)(C)C)C(=O)N[C@@H](C)C(=O)Nc1ccc(CO)cc1. The van der Waals surface area contributed by atoms with Crippen LogP contribution in [0.1, 0.15) is 53.5 Å². The summed E-state index contributed by atoms with van der Waals surface area (Å²) in [5.74, 6) is -1.43. The topological polar surface area (TPSA) is 174 Å². The van der Waals surface area contributed by atoms with Crippen LogP contribution in [-0.2, 0) is 39.9 Å². The minimum atomic E-state index is -0.837. The van der Waals surface area contributed by atoms with E-state index in [0.29, 0.717) is 44.2 Å². The van der Waals surface area contributed by atoms with Gasteiger partial charge in [-0.3, -0.25) is 14.4 Å². The van der Waals surface area contributed by atoms with E-state index in [1.807, 2.05) is 0 Å². The fourth-order valence-electron chi connectivity index (χ4n) is 3.34. The van der Waals surface area contributed by atoms with Crippen LogP contribution >= 0.6 is 0 Å². The Kier molecular flexibility index (Phi) is 17.3. The lowest BCUT2D eigenvalue weighted by molar-refractivity contribution is -0.132. The molecule has 0 aromatic heterocycles. The Labute approximate surface area is 248 Å². The molecule has 1 rings (SSSR count). The molecular formula is C29H48N4O9. The van der Waals surface area contributed by atoms with E-state index in [1.54, 1.807) is 65.8 Å². The van der Waals surface area contributed by atoms with E-state index >= 15 is 0 Å². The predicted molar refractivity (Wildman–Crippen MR) is 157 cm³/mol. The Bertz CT molecular complexity index is 965. The van der Waals surface area contributed by atoms with Gasteiger partial charge in [-0.15, -0.1) is 0 Å². The molecule has 0 bridgehead atoms. The highest BCUT2D eigenvalue weighted by molar-refractivity contribution is 5.98. The third kappa shape index (κ3) is 16.9. The number of nitrogens with one attached hydrogen (secondary N) is 4. The molecular weight excluding hydrogens is 548 g/mol. The average molecular weight is 597 g/mol. The van der Waals surface area contributed by atoms with Crippen molar-refractivity contribution in [3.63, 3.8) is 0 Å². The molecule has 0 heterocycles. The zero-order valence-electron chi connectivity index (χ0n) is 25.6. The number of benzene rings is 1. The fourth-order valence-corrected chi connectivity index (χ4v) is 3.34. The van der Waals surface area contributed by atoms with Crippen LogP contribution in [0.5, 0.6) is 0 Å². The van der Waals surface area contributed by atoms with Crippen molar-refractivity contribution in [1.29, 1.82) is 0 Å². The first-order valence-corrected chi connectivity index (χ1v) is 14.1. The molecule has 1 aromatic carbocycles. The molecule has 4 amide bonds. The summed E-state index contributed by atoms with van der Waals surface area (Å²) in [4.78, 5) is 49.2. The molecule has 0 spiro atoms. The number of carbonyl (C=O) groups excluding carboxylic acids is 4. The normalized spacial score (nSPS) is 12.8. The number of aliphatic hydroxyl groups excluding tert-OH is 1. The fraction of sp³-hybridized carbons (Fsp3) is 0.655. The first-order valence-electron chi connectivity index (χ1n) is 14.1. The van der Waals surface area contributed by atoms with Gasteiger partial charge >= 0.3 is 6.09 Å². The van der Waals surface area contributed by atoms with Gasteiger partial charge in [-0.25, -0.2) is 4.79 Å². The van der Waals surface area contributed by atoms with Crippen molar-refractivity contribution >= 4 is 29.5 Å². The predicted octanol–water partition coefficient (Wildman–Crippen LogP) is 1.73. The van der Waals surface area contributed by atoms with Crippen LogP contribution in [0, 0.1) is 5.92 Å². The number of alkyl carbamates (subject to hydrolysis) is 1. The van der Waals surface area contributed by atoms with Crippen molar-refractivity contribution in [2.75, 3.05) is 51.5 Å². The summed E-state index contributed by atoms with van der Waals surface area (Å²) in [6, 6.07) is 5.04. The molecule has 5 N–H and O–H groups in total. The van der Waals surface area contributed by atoms with Gasteiger partial charge in [0, 0.05) is 18.7 Å². The number of anilines is 1. The molecule has 0 fully saturated rings. The number of hydrogen-bond donors (Lipinski definition) is 5. The van der Waals surface area contributed by atoms with E-state index in [9.17, 15) is 19.2 Å². The van der Waals surface area contributed by atoms with E-state index in [2.05, 4.69) is 21.3 Å². The minimum absolute atomic E-state index is 0.0597.